The molecule has 0 heterocycles. The Kier molecular flexibility index (Phi) is 50.8. The number of carbonyl (C=O) groups is 2. The second-order valence-electron chi connectivity index (χ2n) is 22.2. The highest BCUT2D eigenvalue weighted by molar-refractivity contribution is 7.47. The van der Waals surface area contributed by atoms with Gasteiger partial charge in [0.25, 0.3) is 0 Å². The van der Waals surface area contributed by atoms with Crippen LogP contribution >= 0.6 is 7.82 Å². The lowest BCUT2D eigenvalue weighted by Gasteiger charge is -2.27. The molecule has 0 radical (unpaired) electrons. The lowest BCUT2D eigenvalue weighted by Crippen LogP contribution is -2.47. The van der Waals surface area contributed by atoms with Gasteiger partial charge in [-0.2, -0.15) is 0 Å². The smallest absolute Gasteiger partial charge is 0.456 e. The molecule has 0 saturated carbocycles. The highest BCUT2D eigenvalue weighted by atomic mass is 31.2. The molecule has 0 bridgehead atoms. The molecule has 0 aromatic heterocycles. The Balaban J connectivity index is 5.23. The summed E-state index contributed by atoms with van der Waals surface area (Å²) in [5.74, 6) is -0.492. The predicted molar refractivity (Wildman–Crippen MR) is 305 cm³/mol. The fraction of sp³-hybridized carbons (Fsp3) is 0.902. The number of phosphoric ester groups is 1. The average Bonchev–Trinajstić information content (AvgIpc) is 3.33. The summed E-state index contributed by atoms with van der Waals surface area (Å²) in [5.41, 5.74) is 0. The van der Waals surface area contributed by atoms with Gasteiger partial charge in [0.1, 0.15) is 19.3 Å². The van der Waals surface area contributed by atoms with Crippen molar-refractivity contribution in [1.29, 1.82) is 0 Å². The van der Waals surface area contributed by atoms with Crippen LogP contribution in [0.2, 0.25) is 0 Å². The maximum absolute atomic E-state index is 13.5. The molecular weight excluding hydrogens is 904 g/mol. The number of phosphoric acid groups is 1. The van der Waals surface area contributed by atoms with E-state index in [0.29, 0.717) is 23.9 Å². The summed E-state index contributed by atoms with van der Waals surface area (Å²) in [7, 11) is 1.51. The van der Waals surface area contributed by atoms with E-state index in [1.807, 2.05) is 33.3 Å². The maximum atomic E-state index is 13.5. The van der Waals surface area contributed by atoms with Crippen molar-refractivity contribution in [2.45, 2.75) is 315 Å². The number of quaternary nitrogens is 1. The monoisotopic (exact) mass is 1020 g/mol. The minimum atomic E-state index is -4.44. The van der Waals surface area contributed by atoms with Gasteiger partial charge >= 0.3 is 13.8 Å². The highest BCUT2D eigenvalue weighted by Crippen LogP contribution is 2.43. The Morgan fingerprint density at radius 3 is 1.20 bits per heavy atom. The third-order valence-corrected chi connectivity index (χ3v) is 14.9. The van der Waals surface area contributed by atoms with Gasteiger partial charge in [0, 0.05) is 12.8 Å². The number of esters is 1. The van der Waals surface area contributed by atoms with Crippen LogP contribution < -0.4 is 5.32 Å². The zero-order valence-electron chi connectivity index (χ0n) is 48.0. The van der Waals surface area contributed by atoms with Gasteiger partial charge < -0.3 is 19.4 Å². The van der Waals surface area contributed by atoms with Gasteiger partial charge in [0.05, 0.1) is 33.8 Å². The number of hydrogen-bond acceptors (Lipinski definition) is 6. The summed E-state index contributed by atoms with van der Waals surface area (Å²) in [5, 5.41) is 3.06. The molecule has 0 rings (SSSR count). The molecule has 0 spiro atoms. The summed E-state index contributed by atoms with van der Waals surface area (Å²) >= 11 is 0. The zero-order valence-corrected chi connectivity index (χ0v) is 48.9. The molecule has 71 heavy (non-hydrogen) atoms. The summed E-state index contributed by atoms with van der Waals surface area (Å²) in [6.45, 7) is 7.04. The average molecular weight is 1020 g/mol. The standard InChI is InChI=1S/C61H119N2O7P/c1-7-10-13-16-19-22-25-28-30-31-32-33-34-35-38-41-44-47-50-53-60(64)62-58(57-69-71(66,67)68-56-55-63(4,5)6)59(52-49-46-43-40-37-27-24-21-18-15-12-9-3)70-61(65)54-51-48-45-42-39-36-29-26-23-20-17-14-11-8-2/h28,30,49,52,58-59H,7-27,29,31-48,50-51,53-57H2,1-6H3,(H-,62,64,66,67)/p+1/b30-28+,52-49-. The number of ether oxygens (including phenoxy) is 1. The summed E-state index contributed by atoms with van der Waals surface area (Å²) in [6.07, 6.45) is 60.2. The Hall–Kier alpha value is -1.51. The van der Waals surface area contributed by atoms with E-state index in [1.54, 1.807) is 0 Å². The zero-order chi connectivity index (χ0) is 52.2. The number of hydrogen-bond donors (Lipinski definition) is 2. The third kappa shape index (κ3) is 53.1. The third-order valence-electron chi connectivity index (χ3n) is 13.9. The van der Waals surface area contributed by atoms with Crippen molar-refractivity contribution in [3.63, 3.8) is 0 Å². The number of amides is 1. The highest BCUT2D eigenvalue weighted by Gasteiger charge is 2.30. The first kappa shape index (κ1) is 69.5. The number of nitrogens with one attached hydrogen (secondary N) is 1. The molecule has 9 nitrogen and oxygen atoms in total. The van der Waals surface area contributed by atoms with Crippen molar-refractivity contribution in [1.82, 2.24) is 5.32 Å². The number of likely N-dealkylation sites (N-methyl/N-ethyl adjacent to an activating group) is 1. The molecule has 0 aromatic carbocycles. The van der Waals surface area contributed by atoms with Gasteiger partial charge in [-0.1, -0.05) is 257 Å². The maximum Gasteiger partial charge on any atom is 0.472 e. The molecule has 420 valence electrons. The molecule has 0 fully saturated rings. The molecule has 0 aliphatic carbocycles. The molecular formula is C61H120N2O7P+. The van der Waals surface area contributed by atoms with Crippen molar-refractivity contribution in [3.05, 3.63) is 24.3 Å². The summed E-state index contributed by atoms with van der Waals surface area (Å²) < 4.78 is 30.7. The Labute approximate surface area is 441 Å². The van der Waals surface area contributed by atoms with Crippen molar-refractivity contribution < 1.29 is 37.3 Å². The van der Waals surface area contributed by atoms with Crippen LogP contribution in [0.25, 0.3) is 0 Å². The molecule has 3 atom stereocenters. The van der Waals surface area contributed by atoms with E-state index < -0.39 is 20.0 Å². The van der Waals surface area contributed by atoms with Crippen LogP contribution in [-0.4, -0.2) is 74.3 Å². The van der Waals surface area contributed by atoms with Gasteiger partial charge in [0.15, 0.2) is 0 Å². The molecule has 0 aromatic rings. The minimum absolute atomic E-state index is 0.0433. The van der Waals surface area contributed by atoms with E-state index in [1.165, 1.54) is 212 Å². The number of nitrogens with zero attached hydrogens (tertiary/aromatic N) is 1. The van der Waals surface area contributed by atoms with Crippen LogP contribution in [0, 0.1) is 0 Å². The van der Waals surface area contributed by atoms with Gasteiger partial charge in [-0.3, -0.25) is 18.6 Å². The van der Waals surface area contributed by atoms with Crippen LogP contribution in [0.4, 0.5) is 0 Å². The fourth-order valence-electron chi connectivity index (χ4n) is 9.11. The Bertz CT molecular complexity index is 1270. The number of carbonyl (C=O) groups excluding carboxylic acids is 2. The lowest BCUT2D eigenvalue weighted by molar-refractivity contribution is -0.870. The molecule has 0 aliphatic heterocycles. The largest absolute Gasteiger partial charge is 0.472 e. The Morgan fingerprint density at radius 1 is 0.479 bits per heavy atom. The quantitative estimate of drug-likeness (QED) is 0.0205. The molecule has 3 unspecified atom stereocenters. The van der Waals surface area contributed by atoms with E-state index in [2.05, 4.69) is 38.2 Å². The molecule has 2 N–H and O–H groups in total. The number of rotatable bonds is 56. The first-order chi connectivity index (χ1) is 34.4. The lowest BCUT2D eigenvalue weighted by atomic mass is 10.0. The van der Waals surface area contributed by atoms with Crippen LogP contribution in [0.1, 0.15) is 303 Å². The second kappa shape index (κ2) is 52.0. The molecule has 0 saturated heterocycles. The first-order valence-corrected chi connectivity index (χ1v) is 32.2. The predicted octanol–water partition coefficient (Wildman–Crippen LogP) is 18.6. The van der Waals surface area contributed by atoms with E-state index in [9.17, 15) is 19.0 Å². The van der Waals surface area contributed by atoms with Crippen LogP contribution in [0.5, 0.6) is 0 Å². The van der Waals surface area contributed by atoms with Crippen molar-refractivity contribution in [3.8, 4) is 0 Å². The molecule has 0 aliphatic rings. The SMILES string of the molecule is CCCCCCCC/C=C/CCCCCCCCCCCC(=O)NC(COP(=O)(O)OCC[N+](C)(C)C)C(/C=C\CCCCCCCCCCCC)OC(=O)CCCCCCCCCCCCCCCC. The van der Waals surface area contributed by atoms with Crippen LogP contribution in [-0.2, 0) is 27.9 Å². The van der Waals surface area contributed by atoms with Crippen molar-refractivity contribution >= 4 is 19.7 Å². The second-order valence-corrected chi connectivity index (χ2v) is 23.7. The normalized spacial score (nSPS) is 13.8. The molecule has 10 heteroatoms. The van der Waals surface area contributed by atoms with E-state index in [0.717, 1.165) is 57.8 Å². The Morgan fingerprint density at radius 2 is 0.817 bits per heavy atom. The van der Waals surface area contributed by atoms with Crippen LogP contribution in [0.15, 0.2) is 24.3 Å². The van der Waals surface area contributed by atoms with E-state index in [4.69, 9.17) is 13.8 Å². The first-order valence-electron chi connectivity index (χ1n) is 30.7. The van der Waals surface area contributed by atoms with Gasteiger partial charge in [-0.15, -0.1) is 0 Å². The van der Waals surface area contributed by atoms with E-state index in [-0.39, 0.29) is 25.1 Å². The van der Waals surface area contributed by atoms with Crippen molar-refractivity contribution in [2.75, 3.05) is 40.9 Å². The van der Waals surface area contributed by atoms with Gasteiger partial charge in [-0.25, -0.2) is 4.57 Å². The number of allylic oxidation sites excluding steroid dienone is 3. The van der Waals surface area contributed by atoms with Gasteiger partial charge in [-0.05, 0) is 57.4 Å². The van der Waals surface area contributed by atoms with Gasteiger partial charge in [0.2, 0.25) is 5.91 Å². The molecule has 1 amide bonds. The fourth-order valence-corrected chi connectivity index (χ4v) is 9.85. The summed E-state index contributed by atoms with van der Waals surface area (Å²) in [4.78, 5) is 37.6. The summed E-state index contributed by atoms with van der Waals surface area (Å²) in [6, 6.07) is -0.843. The number of unbranched alkanes of at least 4 members (excludes halogenated alkanes) is 38. The minimum Gasteiger partial charge on any atom is -0.456 e. The topological polar surface area (TPSA) is 111 Å². The van der Waals surface area contributed by atoms with E-state index >= 15 is 0 Å². The van der Waals surface area contributed by atoms with Crippen molar-refractivity contribution in [2.24, 2.45) is 0 Å². The van der Waals surface area contributed by atoms with Crippen LogP contribution in [0.3, 0.4) is 0 Å².